The molecule has 1 aliphatic heterocycles. The quantitative estimate of drug-likeness (QED) is 0.521. The van der Waals surface area contributed by atoms with Crippen LogP contribution in [0.1, 0.15) is 42.1 Å². The van der Waals surface area contributed by atoms with Gasteiger partial charge in [0, 0.05) is 31.7 Å². The SMILES string of the molecule is COC(=O)CCN(Cc1ccccc1)C(=O)c1ccc(Cl)c(S(=O)(=O)N2CCCC(C)C2)c1. The number of carbonyl (C=O) groups is 2. The molecular weight excluding hydrogens is 464 g/mol. The molecule has 178 valence electrons. The van der Waals surface area contributed by atoms with Crippen LogP contribution in [0.15, 0.2) is 53.4 Å². The number of nitrogens with zero attached hydrogens (tertiary/aromatic N) is 2. The van der Waals surface area contributed by atoms with E-state index in [2.05, 4.69) is 0 Å². The molecule has 0 radical (unpaired) electrons. The van der Waals surface area contributed by atoms with E-state index >= 15 is 0 Å². The molecule has 33 heavy (non-hydrogen) atoms. The number of rotatable bonds is 8. The molecule has 0 bridgehead atoms. The number of hydrogen-bond donors (Lipinski definition) is 0. The fraction of sp³-hybridized carbons (Fsp3) is 0.417. The third kappa shape index (κ3) is 6.34. The molecule has 1 unspecified atom stereocenters. The normalized spacial score (nSPS) is 16.9. The van der Waals surface area contributed by atoms with Gasteiger partial charge in [-0.05, 0) is 42.5 Å². The van der Waals surface area contributed by atoms with Gasteiger partial charge >= 0.3 is 5.97 Å². The van der Waals surface area contributed by atoms with Gasteiger partial charge in [0.25, 0.3) is 5.91 Å². The van der Waals surface area contributed by atoms with Gasteiger partial charge in [-0.15, -0.1) is 0 Å². The van der Waals surface area contributed by atoms with Crippen molar-refractivity contribution in [3.63, 3.8) is 0 Å². The van der Waals surface area contributed by atoms with E-state index in [1.807, 2.05) is 37.3 Å². The lowest BCUT2D eigenvalue weighted by molar-refractivity contribution is -0.140. The van der Waals surface area contributed by atoms with Crippen LogP contribution >= 0.6 is 11.6 Å². The van der Waals surface area contributed by atoms with Crippen LogP contribution in [-0.4, -0.2) is 56.2 Å². The summed E-state index contributed by atoms with van der Waals surface area (Å²) < 4.78 is 32.7. The average Bonchev–Trinajstić information content (AvgIpc) is 2.82. The summed E-state index contributed by atoms with van der Waals surface area (Å²) in [6, 6.07) is 13.7. The van der Waals surface area contributed by atoms with Crippen LogP contribution in [0, 0.1) is 5.92 Å². The van der Waals surface area contributed by atoms with Gasteiger partial charge in [0.1, 0.15) is 4.90 Å². The van der Waals surface area contributed by atoms with Crippen molar-refractivity contribution >= 4 is 33.5 Å². The Morgan fingerprint density at radius 3 is 2.58 bits per heavy atom. The Bertz CT molecular complexity index is 1090. The summed E-state index contributed by atoms with van der Waals surface area (Å²) in [6.07, 6.45) is 1.79. The van der Waals surface area contributed by atoms with Crippen LogP contribution in [0.3, 0.4) is 0 Å². The van der Waals surface area contributed by atoms with E-state index in [9.17, 15) is 18.0 Å². The summed E-state index contributed by atoms with van der Waals surface area (Å²) in [5.41, 5.74) is 1.09. The fourth-order valence-corrected chi connectivity index (χ4v) is 6.00. The second-order valence-corrected chi connectivity index (χ2v) is 10.6. The average molecular weight is 493 g/mol. The van der Waals surface area contributed by atoms with Crippen molar-refractivity contribution in [2.45, 2.75) is 37.6 Å². The van der Waals surface area contributed by atoms with Gasteiger partial charge in [0.05, 0.1) is 18.6 Å². The van der Waals surface area contributed by atoms with Crippen molar-refractivity contribution in [3.8, 4) is 0 Å². The maximum Gasteiger partial charge on any atom is 0.307 e. The molecule has 1 amide bonds. The highest BCUT2D eigenvalue weighted by atomic mass is 35.5. The molecule has 9 heteroatoms. The summed E-state index contributed by atoms with van der Waals surface area (Å²) in [5, 5.41) is 0.0777. The van der Waals surface area contributed by atoms with Crippen molar-refractivity contribution in [3.05, 3.63) is 64.7 Å². The van der Waals surface area contributed by atoms with Crippen LogP contribution < -0.4 is 0 Å². The van der Waals surface area contributed by atoms with E-state index < -0.39 is 16.0 Å². The summed E-state index contributed by atoms with van der Waals surface area (Å²) in [5.74, 6) is -0.556. The minimum atomic E-state index is -3.84. The number of hydrogen-bond acceptors (Lipinski definition) is 5. The van der Waals surface area contributed by atoms with E-state index in [1.165, 1.54) is 34.5 Å². The van der Waals surface area contributed by atoms with E-state index in [0.29, 0.717) is 13.1 Å². The van der Waals surface area contributed by atoms with E-state index in [0.717, 1.165) is 18.4 Å². The van der Waals surface area contributed by atoms with Gasteiger partial charge < -0.3 is 9.64 Å². The zero-order valence-electron chi connectivity index (χ0n) is 18.9. The molecule has 2 aromatic rings. The molecular formula is C24H29ClN2O5S. The Morgan fingerprint density at radius 1 is 1.18 bits per heavy atom. The van der Waals surface area contributed by atoms with Gasteiger partial charge in [0.2, 0.25) is 10.0 Å². The maximum absolute atomic E-state index is 13.4. The maximum atomic E-state index is 13.4. The summed E-state index contributed by atoms with van der Waals surface area (Å²) in [4.78, 5) is 26.5. The molecule has 1 heterocycles. The van der Waals surface area contributed by atoms with Crippen molar-refractivity contribution in [1.29, 1.82) is 0 Å². The first kappa shape index (κ1) is 25.2. The van der Waals surface area contributed by atoms with E-state index in [4.69, 9.17) is 16.3 Å². The zero-order valence-corrected chi connectivity index (χ0v) is 20.4. The lowest BCUT2D eigenvalue weighted by Gasteiger charge is -2.30. The third-order valence-corrected chi connectivity index (χ3v) is 8.08. The van der Waals surface area contributed by atoms with Gasteiger partial charge in [-0.25, -0.2) is 8.42 Å². The number of benzene rings is 2. The van der Waals surface area contributed by atoms with Gasteiger partial charge in [-0.2, -0.15) is 4.31 Å². The van der Waals surface area contributed by atoms with Crippen LogP contribution in [0.5, 0.6) is 0 Å². The van der Waals surface area contributed by atoms with Gasteiger partial charge in [0.15, 0.2) is 0 Å². The molecule has 0 spiro atoms. The minimum Gasteiger partial charge on any atom is -0.469 e. The molecule has 1 aliphatic rings. The standard InChI is InChI=1S/C24H29ClN2O5S/c1-18-7-6-13-27(16-18)33(30,31)22-15-20(10-11-21(22)25)24(29)26(14-12-23(28)32-2)17-19-8-4-3-5-9-19/h3-5,8-11,15,18H,6-7,12-14,16-17H2,1-2H3. The Kier molecular flexibility index (Phi) is 8.51. The highest BCUT2D eigenvalue weighted by Gasteiger charge is 2.31. The zero-order chi connectivity index (χ0) is 24.0. The molecule has 1 saturated heterocycles. The van der Waals surface area contributed by atoms with Gasteiger partial charge in [-0.1, -0.05) is 48.9 Å². The number of ether oxygens (including phenoxy) is 1. The Labute approximate surface area is 200 Å². The minimum absolute atomic E-state index is 0.0273. The first-order valence-corrected chi connectivity index (χ1v) is 12.7. The number of carbonyl (C=O) groups excluding carboxylic acids is 2. The Balaban J connectivity index is 1.90. The molecule has 7 nitrogen and oxygen atoms in total. The smallest absolute Gasteiger partial charge is 0.307 e. The monoisotopic (exact) mass is 492 g/mol. The van der Waals surface area contributed by atoms with Crippen LogP contribution in [0.2, 0.25) is 5.02 Å². The highest BCUT2D eigenvalue weighted by Crippen LogP contribution is 2.29. The Morgan fingerprint density at radius 2 is 1.91 bits per heavy atom. The molecule has 1 fully saturated rings. The van der Waals surface area contributed by atoms with E-state index in [1.54, 1.807) is 0 Å². The number of piperidine rings is 1. The second kappa shape index (κ2) is 11.1. The number of methoxy groups -OCH3 is 1. The second-order valence-electron chi connectivity index (χ2n) is 8.29. The van der Waals surface area contributed by atoms with E-state index in [-0.39, 0.29) is 46.8 Å². The lowest BCUT2D eigenvalue weighted by Crippen LogP contribution is -2.39. The van der Waals surface area contributed by atoms with Crippen LogP contribution in [0.25, 0.3) is 0 Å². The van der Waals surface area contributed by atoms with Crippen LogP contribution in [0.4, 0.5) is 0 Å². The highest BCUT2D eigenvalue weighted by molar-refractivity contribution is 7.89. The molecule has 0 saturated carbocycles. The molecule has 3 rings (SSSR count). The molecule has 2 aromatic carbocycles. The predicted molar refractivity (Wildman–Crippen MR) is 126 cm³/mol. The first-order valence-electron chi connectivity index (χ1n) is 10.9. The first-order chi connectivity index (χ1) is 15.7. The molecule has 0 aromatic heterocycles. The number of esters is 1. The number of halogens is 1. The lowest BCUT2D eigenvalue weighted by atomic mass is 10.0. The topological polar surface area (TPSA) is 84.0 Å². The van der Waals surface area contributed by atoms with Crippen molar-refractivity contribution in [2.75, 3.05) is 26.7 Å². The molecule has 1 atom stereocenters. The largest absolute Gasteiger partial charge is 0.469 e. The summed E-state index contributed by atoms with van der Waals surface area (Å²) in [7, 11) is -2.54. The van der Waals surface area contributed by atoms with Gasteiger partial charge in [-0.3, -0.25) is 9.59 Å². The number of amides is 1. The van der Waals surface area contributed by atoms with Crippen LogP contribution in [-0.2, 0) is 26.1 Å². The third-order valence-electron chi connectivity index (χ3n) is 5.73. The van der Waals surface area contributed by atoms with Crippen molar-refractivity contribution in [1.82, 2.24) is 9.21 Å². The predicted octanol–water partition coefficient (Wildman–Crippen LogP) is 3.97. The van der Waals surface area contributed by atoms with Crippen molar-refractivity contribution < 1.29 is 22.7 Å². The molecule has 0 N–H and O–H groups in total. The summed E-state index contributed by atoms with van der Waals surface area (Å²) in [6.45, 7) is 3.28. The number of sulfonamides is 1. The summed E-state index contributed by atoms with van der Waals surface area (Å²) >= 11 is 6.28. The fourth-order valence-electron chi connectivity index (χ4n) is 3.90. The van der Waals surface area contributed by atoms with Crippen molar-refractivity contribution in [2.24, 2.45) is 5.92 Å². The Hall–Kier alpha value is -2.42. The molecule has 0 aliphatic carbocycles.